The van der Waals surface area contributed by atoms with Gasteiger partial charge in [0.05, 0.1) is 12.3 Å². The van der Waals surface area contributed by atoms with E-state index in [1.807, 2.05) is 47.9 Å². The molecule has 9 heteroatoms. The first kappa shape index (κ1) is 22.8. The van der Waals surface area contributed by atoms with Gasteiger partial charge in [-0.3, -0.25) is 9.36 Å². The number of hydrogen-bond acceptors (Lipinski definition) is 5. The fraction of sp³-hybridized carbons (Fsp3) is 0.125. The molecule has 4 aromatic rings. The van der Waals surface area contributed by atoms with Crippen LogP contribution in [-0.4, -0.2) is 26.4 Å². The quantitative estimate of drug-likeness (QED) is 0.315. The Labute approximate surface area is 200 Å². The number of nitrogens with one attached hydrogen (secondary N) is 2. The topological polar surface area (TPSA) is 71.8 Å². The predicted molar refractivity (Wildman–Crippen MR) is 131 cm³/mol. The third-order valence-electron chi connectivity index (χ3n) is 4.82. The number of anilines is 2. The van der Waals surface area contributed by atoms with Gasteiger partial charge < -0.3 is 10.6 Å². The zero-order valence-electron chi connectivity index (χ0n) is 17.8. The molecule has 0 bridgehead atoms. The summed E-state index contributed by atoms with van der Waals surface area (Å²) in [6.07, 6.45) is 0. The third-order valence-corrected chi connectivity index (χ3v) is 5.98. The summed E-state index contributed by atoms with van der Waals surface area (Å²) in [6, 6.07) is 21.2. The van der Waals surface area contributed by atoms with Crippen molar-refractivity contribution < 1.29 is 9.18 Å². The van der Waals surface area contributed by atoms with Crippen molar-refractivity contribution in [1.29, 1.82) is 0 Å². The average molecular weight is 482 g/mol. The summed E-state index contributed by atoms with van der Waals surface area (Å²) >= 11 is 7.33. The normalized spacial score (nSPS) is 10.8. The fourth-order valence-electron chi connectivity index (χ4n) is 3.14. The number of hydrogen-bond donors (Lipinski definition) is 2. The monoisotopic (exact) mass is 481 g/mol. The molecule has 0 unspecified atom stereocenters. The first-order valence-electron chi connectivity index (χ1n) is 10.2. The van der Waals surface area contributed by atoms with Crippen LogP contribution in [0.1, 0.15) is 11.4 Å². The standard InChI is InChI=1S/C24H21ClFN5OS/c1-16-7-8-17(25)13-21(16)28-23(32)15-33-24-30-29-22(31(24)20-5-3-2-4-6-20)14-27-19-11-9-18(26)10-12-19/h2-13,27H,14-15H2,1H3,(H,28,32). The Bertz CT molecular complexity index is 1250. The summed E-state index contributed by atoms with van der Waals surface area (Å²) in [4.78, 5) is 12.6. The molecule has 0 fully saturated rings. The van der Waals surface area contributed by atoms with Gasteiger partial charge >= 0.3 is 0 Å². The van der Waals surface area contributed by atoms with E-state index in [0.29, 0.717) is 28.2 Å². The van der Waals surface area contributed by atoms with Gasteiger partial charge in [0.2, 0.25) is 5.91 Å². The Kier molecular flexibility index (Phi) is 7.26. The maximum Gasteiger partial charge on any atom is 0.234 e. The van der Waals surface area contributed by atoms with E-state index >= 15 is 0 Å². The molecule has 2 N–H and O–H groups in total. The van der Waals surface area contributed by atoms with Crippen molar-refractivity contribution in [1.82, 2.24) is 14.8 Å². The van der Waals surface area contributed by atoms with Gasteiger partial charge in [-0.25, -0.2) is 4.39 Å². The van der Waals surface area contributed by atoms with Crippen molar-refractivity contribution >= 4 is 40.6 Å². The largest absolute Gasteiger partial charge is 0.378 e. The highest BCUT2D eigenvalue weighted by Gasteiger charge is 2.16. The summed E-state index contributed by atoms with van der Waals surface area (Å²) in [7, 11) is 0. The van der Waals surface area contributed by atoms with E-state index < -0.39 is 0 Å². The smallest absolute Gasteiger partial charge is 0.234 e. The van der Waals surface area contributed by atoms with Crippen molar-refractivity contribution in [3.8, 4) is 5.69 Å². The number of aryl methyl sites for hydroxylation is 1. The van der Waals surface area contributed by atoms with Crippen LogP contribution in [0.5, 0.6) is 0 Å². The van der Waals surface area contributed by atoms with E-state index in [2.05, 4.69) is 20.8 Å². The number of amides is 1. The molecule has 1 amide bonds. The molecule has 1 aromatic heterocycles. The lowest BCUT2D eigenvalue weighted by Gasteiger charge is -2.12. The van der Waals surface area contributed by atoms with Crippen molar-refractivity contribution in [3.63, 3.8) is 0 Å². The molecule has 0 radical (unpaired) electrons. The molecule has 0 spiro atoms. The SMILES string of the molecule is Cc1ccc(Cl)cc1NC(=O)CSc1nnc(CNc2ccc(F)cc2)n1-c1ccccc1. The number of rotatable bonds is 8. The lowest BCUT2D eigenvalue weighted by atomic mass is 10.2. The Balaban J connectivity index is 1.49. The molecule has 4 rings (SSSR count). The number of para-hydroxylation sites is 1. The summed E-state index contributed by atoms with van der Waals surface area (Å²) in [5, 5.41) is 15.9. The molecule has 168 valence electrons. The number of benzene rings is 3. The second kappa shape index (κ2) is 10.5. The van der Waals surface area contributed by atoms with Gasteiger partial charge in [-0.2, -0.15) is 0 Å². The van der Waals surface area contributed by atoms with Crippen molar-refractivity contribution in [2.75, 3.05) is 16.4 Å². The van der Waals surface area contributed by atoms with Crippen molar-refractivity contribution in [2.45, 2.75) is 18.6 Å². The van der Waals surface area contributed by atoms with Crippen LogP contribution < -0.4 is 10.6 Å². The molecular formula is C24H21ClFN5OS. The van der Waals surface area contributed by atoms with E-state index in [4.69, 9.17) is 11.6 Å². The maximum absolute atomic E-state index is 13.2. The lowest BCUT2D eigenvalue weighted by Crippen LogP contribution is -2.15. The molecule has 0 atom stereocenters. The van der Waals surface area contributed by atoms with E-state index in [1.165, 1.54) is 23.9 Å². The van der Waals surface area contributed by atoms with Gasteiger partial charge in [0, 0.05) is 22.1 Å². The summed E-state index contributed by atoms with van der Waals surface area (Å²) < 4.78 is 15.1. The minimum absolute atomic E-state index is 0.155. The number of aromatic nitrogens is 3. The lowest BCUT2D eigenvalue weighted by molar-refractivity contribution is -0.113. The molecule has 0 saturated carbocycles. The molecule has 0 aliphatic rings. The van der Waals surface area contributed by atoms with E-state index in [-0.39, 0.29) is 17.5 Å². The van der Waals surface area contributed by atoms with Crippen LogP contribution in [-0.2, 0) is 11.3 Å². The highest BCUT2D eigenvalue weighted by atomic mass is 35.5. The zero-order chi connectivity index (χ0) is 23.2. The number of thioether (sulfide) groups is 1. The van der Waals surface area contributed by atoms with Crippen LogP contribution in [0.2, 0.25) is 5.02 Å². The average Bonchev–Trinajstić information content (AvgIpc) is 3.23. The van der Waals surface area contributed by atoms with Gasteiger partial charge in [-0.1, -0.05) is 47.6 Å². The molecule has 33 heavy (non-hydrogen) atoms. The Hall–Kier alpha value is -3.36. The molecular weight excluding hydrogens is 461 g/mol. The van der Waals surface area contributed by atoms with E-state index in [1.54, 1.807) is 24.3 Å². The molecule has 0 aliphatic heterocycles. The highest BCUT2D eigenvalue weighted by molar-refractivity contribution is 7.99. The van der Waals surface area contributed by atoms with Crippen LogP contribution >= 0.6 is 23.4 Å². The number of carbonyl (C=O) groups excluding carboxylic acids is 1. The first-order valence-corrected chi connectivity index (χ1v) is 11.5. The molecule has 6 nitrogen and oxygen atoms in total. The Morgan fingerprint density at radius 3 is 2.58 bits per heavy atom. The first-order chi connectivity index (χ1) is 16.0. The van der Waals surface area contributed by atoms with Crippen LogP contribution in [0.25, 0.3) is 5.69 Å². The second-order valence-corrected chi connectivity index (χ2v) is 8.61. The van der Waals surface area contributed by atoms with Crippen LogP contribution in [0, 0.1) is 12.7 Å². The van der Waals surface area contributed by atoms with Gasteiger partial charge in [0.25, 0.3) is 0 Å². The van der Waals surface area contributed by atoms with Gasteiger partial charge in [-0.05, 0) is 61.0 Å². The molecule has 1 heterocycles. The fourth-order valence-corrected chi connectivity index (χ4v) is 4.08. The van der Waals surface area contributed by atoms with Gasteiger partial charge in [0.15, 0.2) is 11.0 Å². The van der Waals surface area contributed by atoms with Gasteiger partial charge in [0.1, 0.15) is 5.82 Å². The summed E-state index contributed by atoms with van der Waals surface area (Å²) in [5.74, 6) is 0.360. The number of nitrogens with zero attached hydrogens (tertiary/aromatic N) is 3. The highest BCUT2D eigenvalue weighted by Crippen LogP contribution is 2.24. The van der Waals surface area contributed by atoms with Crippen LogP contribution in [0.15, 0.2) is 78.0 Å². The van der Waals surface area contributed by atoms with Crippen molar-refractivity contribution in [2.24, 2.45) is 0 Å². The zero-order valence-corrected chi connectivity index (χ0v) is 19.3. The summed E-state index contributed by atoms with van der Waals surface area (Å²) in [6.45, 7) is 2.29. The Morgan fingerprint density at radius 2 is 1.82 bits per heavy atom. The number of halogens is 2. The van der Waals surface area contributed by atoms with Crippen LogP contribution in [0.4, 0.5) is 15.8 Å². The molecule has 3 aromatic carbocycles. The van der Waals surface area contributed by atoms with E-state index in [9.17, 15) is 9.18 Å². The van der Waals surface area contributed by atoms with Crippen LogP contribution in [0.3, 0.4) is 0 Å². The van der Waals surface area contributed by atoms with E-state index in [0.717, 1.165) is 16.9 Å². The minimum Gasteiger partial charge on any atom is -0.378 e. The van der Waals surface area contributed by atoms with Gasteiger partial charge in [-0.15, -0.1) is 10.2 Å². The third kappa shape index (κ3) is 5.91. The minimum atomic E-state index is -0.294. The molecule has 0 saturated heterocycles. The van der Waals surface area contributed by atoms with Crippen molar-refractivity contribution in [3.05, 3.63) is 95.0 Å². The predicted octanol–water partition coefficient (Wildman–Crippen LogP) is 5.71. The Morgan fingerprint density at radius 1 is 1.06 bits per heavy atom. The summed E-state index contributed by atoms with van der Waals surface area (Å²) in [5.41, 5.74) is 3.26. The molecule has 0 aliphatic carbocycles. The maximum atomic E-state index is 13.2. The number of carbonyl (C=O) groups is 1. The second-order valence-electron chi connectivity index (χ2n) is 7.23.